The summed E-state index contributed by atoms with van der Waals surface area (Å²) in [5.74, 6) is 1.02. The highest BCUT2D eigenvalue weighted by atomic mass is 35.5. The van der Waals surface area contributed by atoms with Crippen LogP contribution in [0.25, 0.3) is 0 Å². The second kappa shape index (κ2) is 5.51. The highest BCUT2D eigenvalue weighted by Crippen LogP contribution is 2.22. The number of anilines is 2. The molecule has 0 aliphatic carbocycles. The highest BCUT2D eigenvalue weighted by Gasteiger charge is 2.20. The normalized spacial score (nSPS) is 17.4. The van der Waals surface area contributed by atoms with Gasteiger partial charge in [0.25, 0.3) is 0 Å². The fraction of sp³-hybridized carbons (Fsp3) is 0.636. The average Bonchev–Trinajstić information content (AvgIpc) is 2.29. The Labute approximate surface area is 106 Å². The third-order valence-electron chi connectivity index (χ3n) is 2.87. The molecule has 17 heavy (non-hydrogen) atoms. The number of hydrogen-bond acceptors (Lipinski definition) is 5. The van der Waals surface area contributed by atoms with Crippen molar-refractivity contribution in [1.29, 1.82) is 0 Å². The number of nitrogens with zero attached hydrogens (tertiary/aromatic N) is 3. The molecule has 0 radical (unpaired) electrons. The van der Waals surface area contributed by atoms with Gasteiger partial charge in [-0.2, -0.15) is 4.98 Å². The summed E-state index contributed by atoms with van der Waals surface area (Å²) in [7, 11) is 0. The zero-order valence-corrected chi connectivity index (χ0v) is 10.7. The van der Waals surface area contributed by atoms with Crippen molar-refractivity contribution in [1.82, 2.24) is 9.97 Å². The quantitative estimate of drug-likeness (QED) is 0.835. The number of piperidine rings is 1. The number of nitrogens with two attached hydrogens (primary N) is 1. The maximum atomic E-state index is 5.87. The number of nitrogen functional groups attached to an aromatic ring is 1. The van der Waals surface area contributed by atoms with Crippen molar-refractivity contribution in [3.05, 3.63) is 11.2 Å². The summed E-state index contributed by atoms with van der Waals surface area (Å²) in [6, 6.07) is 1.75. The molecule has 94 valence electrons. The summed E-state index contributed by atoms with van der Waals surface area (Å²) in [5.41, 5.74) is 5.58. The van der Waals surface area contributed by atoms with E-state index in [0.29, 0.717) is 11.3 Å². The zero-order chi connectivity index (χ0) is 12.3. The van der Waals surface area contributed by atoms with Crippen LogP contribution < -0.4 is 10.6 Å². The van der Waals surface area contributed by atoms with Crippen LogP contribution in [0.3, 0.4) is 0 Å². The Bertz CT molecular complexity index is 359. The molecule has 1 aliphatic heterocycles. The van der Waals surface area contributed by atoms with E-state index in [9.17, 15) is 0 Å². The monoisotopic (exact) mass is 256 g/mol. The minimum atomic E-state index is 0.222. The number of halogens is 1. The van der Waals surface area contributed by atoms with E-state index >= 15 is 0 Å². The van der Waals surface area contributed by atoms with Crippen LogP contribution in [0.5, 0.6) is 0 Å². The molecule has 1 aromatic heterocycles. The first-order valence-electron chi connectivity index (χ1n) is 5.85. The SMILES string of the molecule is CCOC1CCN(c2cc(Cl)nc(N)n2)CC1. The van der Waals surface area contributed by atoms with E-state index in [1.54, 1.807) is 6.07 Å². The lowest BCUT2D eigenvalue weighted by atomic mass is 10.1. The van der Waals surface area contributed by atoms with Gasteiger partial charge in [-0.1, -0.05) is 11.6 Å². The van der Waals surface area contributed by atoms with Crippen LogP contribution in [-0.2, 0) is 4.74 Å². The molecule has 2 N–H and O–H groups in total. The summed E-state index contributed by atoms with van der Waals surface area (Å²) in [4.78, 5) is 10.2. The first kappa shape index (κ1) is 12.4. The lowest BCUT2D eigenvalue weighted by molar-refractivity contribution is 0.0458. The molecule has 1 aromatic rings. The maximum absolute atomic E-state index is 5.87. The summed E-state index contributed by atoms with van der Waals surface area (Å²) < 4.78 is 5.60. The Morgan fingerprint density at radius 1 is 1.47 bits per heavy atom. The molecule has 2 rings (SSSR count). The molecule has 2 heterocycles. The Morgan fingerprint density at radius 3 is 2.76 bits per heavy atom. The first-order valence-corrected chi connectivity index (χ1v) is 6.23. The summed E-state index contributed by atoms with van der Waals surface area (Å²) >= 11 is 5.87. The van der Waals surface area contributed by atoms with E-state index in [1.807, 2.05) is 6.92 Å². The van der Waals surface area contributed by atoms with Crippen molar-refractivity contribution in [3.63, 3.8) is 0 Å². The highest BCUT2D eigenvalue weighted by molar-refractivity contribution is 6.29. The van der Waals surface area contributed by atoms with Gasteiger partial charge in [0.2, 0.25) is 5.95 Å². The molecule has 6 heteroatoms. The van der Waals surface area contributed by atoms with Crippen LogP contribution >= 0.6 is 11.6 Å². The number of ether oxygens (including phenoxy) is 1. The van der Waals surface area contributed by atoms with Crippen molar-refractivity contribution in [3.8, 4) is 0 Å². The average molecular weight is 257 g/mol. The smallest absolute Gasteiger partial charge is 0.223 e. The molecule has 0 unspecified atom stereocenters. The largest absolute Gasteiger partial charge is 0.378 e. The topological polar surface area (TPSA) is 64.3 Å². The standard InChI is InChI=1S/C11H17ClN4O/c1-2-17-8-3-5-16(6-4-8)10-7-9(12)14-11(13)15-10/h7-8H,2-6H2,1H3,(H2,13,14,15). The van der Waals surface area contributed by atoms with Gasteiger partial charge in [-0.3, -0.25) is 0 Å². The molecule has 0 saturated carbocycles. The van der Waals surface area contributed by atoms with Crippen LogP contribution in [0, 0.1) is 0 Å². The van der Waals surface area contributed by atoms with Gasteiger partial charge in [-0.15, -0.1) is 0 Å². The molecule has 0 aromatic carbocycles. The van der Waals surface area contributed by atoms with E-state index in [2.05, 4.69) is 14.9 Å². The molecular weight excluding hydrogens is 240 g/mol. The van der Waals surface area contributed by atoms with E-state index in [-0.39, 0.29) is 5.95 Å². The lowest BCUT2D eigenvalue weighted by Gasteiger charge is -2.32. The summed E-state index contributed by atoms with van der Waals surface area (Å²) in [5, 5.41) is 0.388. The first-order chi connectivity index (χ1) is 8.19. The third-order valence-corrected chi connectivity index (χ3v) is 3.06. The van der Waals surface area contributed by atoms with Gasteiger partial charge in [0.15, 0.2) is 0 Å². The molecule has 0 atom stereocenters. The predicted octanol–water partition coefficient (Wildman–Crippen LogP) is 1.72. The minimum Gasteiger partial charge on any atom is -0.378 e. The van der Waals surface area contributed by atoms with E-state index in [1.165, 1.54) is 0 Å². The van der Waals surface area contributed by atoms with Gasteiger partial charge in [-0.25, -0.2) is 4.98 Å². The number of hydrogen-bond donors (Lipinski definition) is 1. The molecule has 1 aliphatic rings. The summed E-state index contributed by atoms with van der Waals surface area (Å²) in [6.45, 7) is 4.63. The Kier molecular flexibility index (Phi) is 4.02. The number of aromatic nitrogens is 2. The van der Waals surface area contributed by atoms with Crippen molar-refractivity contribution in [2.75, 3.05) is 30.3 Å². The van der Waals surface area contributed by atoms with Crippen molar-refractivity contribution in [2.45, 2.75) is 25.9 Å². The molecule has 0 bridgehead atoms. The Hall–Kier alpha value is -1.07. The van der Waals surface area contributed by atoms with E-state index in [0.717, 1.165) is 38.4 Å². The number of rotatable bonds is 3. The van der Waals surface area contributed by atoms with Gasteiger partial charge in [-0.05, 0) is 19.8 Å². The third kappa shape index (κ3) is 3.20. The van der Waals surface area contributed by atoms with E-state index in [4.69, 9.17) is 22.1 Å². The second-order valence-corrected chi connectivity index (χ2v) is 4.44. The van der Waals surface area contributed by atoms with Crippen LogP contribution in [0.2, 0.25) is 5.15 Å². The predicted molar refractivity (Wildman–Crippen MR) is 68.3 cm³/mol. The van der Waals surface area contributed by atoms with Gasteiger partial charge in [0, 0.05) is 25.8 Å². The van der Waals surface area contributed by atoms with Gasteiger partial charge in [0.1, 0.15) is 11.0 Å². The van der Waals surface area contributed by atoms with Crippen molar-refractivity contribution < 1.29 is 4.74 Å². The minimum absolute atomic E-state index is 0.222. The van der Waals surface area contributed by atoms with Crippen molar-refractivity contribution >= 4 is 23.4 Å². The molecule has 1 fully saturated rings. The Morgan fingerprint density at radius 2 is 2.18 bits per heavy atom. The fourth-order valence-corrected chi connectivity index (χ4v) is 2.26. The van der Waals surface area contributed by atoms with Crippen LogP contribution in [-0.4, -0.2) is 35.8 Å². The molecule has 0 spiro atoms. The molecule has 0 amide bonds. The van der Waals surface area contributed by atoms with E-state index < -0.39 is 0 Å². The Balaban J connectivity index is 2.00. The van der Waals surface area contributed by atoms with Crippen LogP contribution in [0.4, 0.5) is 11.8 Å². The van der Waals surface area contributed by atoms with Crippen LogP contribution in [0.15, 0.2) is 6.07 Å². The lowest BCUT2D eigenvalue weighted by Crippen LogP contribution is -2.37. The zero-order valence-electron chi connectivity index (χ0n) is 9.90. The molecule has 5 nitrogen and oxygen atoms in total. The maximum Gasteiger partial charge on any atom is 0.223 e. The second-order valence-electron chi connectivity index (χ2n) is 4.05. The van der Waals surface area contributed by atoms with Gasteiger partial charge < -0.3 is 15.4 Å². The summed E-state index contributed by atoms with van der Waals surface area (Å²) in [6.07, 6.45) is 2.39. The molecular formula is C11H17ClN4O. The van der Waals surface area contributed by atoms with Gasteiger partial charge >= 0.3 is 0 Å². The molecule has 1 saturated heterocycles. The van der Waals surface area contributed by atoms with Crippen molar-refractivity contribution in [2.24, 2.45) is 0 Å². The van der Waals surface area contributed by atoms with Gasteiger partial charge in [0.05, 0.1) is 6.10 Å². The fourth-order valence-electron chi connectivity index (χ4n) is 2.07. The van der Waals surface area contributed by atoms with Crippen LogP contribution in [0.1, 0.15) is 19.8 Å².